The van der Waals surface area contributed by atoms with Crippen LogP contribution in [0.25, 0.3) is 0 Å². The predicted octanol–water partition coefficient (Wildman–Crippen LogP) is 2.77. The van der Waals surface area contributed by atoms with Crippen molar-refractivity contribution in [3.8, 4) is 5.75 Å². The molecule has 1 aromatic rings. The normalized spacial score (nSPS) is 15.0. The second-order valence-electron chi connectivity index (χ2n) is 6.11. The van der Waals surface area contributed by atoms with Gasteiger partial charge in [0, 0.05) is 11.8 Å². The van der Waals surface area contributed by atoms with Crippen molar-refractivity contribution in [2.75, 3.05) is 31.6 Å². The molecule has 132 valence electrons. The zero-order chi connectivity index (χ0) is 17.4. The van der Waals surface area contributed by atoms with Crippen molar-refractivity contribution in [2.24, 2.45) is 0 Å². The number of unbranched alkanes of at least 4 members (excludes halogenated alkanes) is 1. The molecule has 1 saturated heterocycles. The molecular weight excluding hydrogens is 308 g/mol. The molecule has 2 rings (SSSR count). The van der Waals surface area contributed by atoms with Crippen LogP contribution >= 0.6 is 0 Å². The SMILES string of the molecule is CCCCOC(=O)c1ccc(NC(=O)CN2CCCCC2)cc1O. The van der Waals surface area contributed by atoms with Crippen LogP contribution in [0.15, 0.2) is 18.2 Å². The first-order chi connectivity index (χ1) is 11.6. The summed E-state index contributed by atoms with van der Waals surface area (Å²) >= 11 is 0. The fraction of sp³-hybridized carbons (Fsp3) is 0.556. The number of carbonyl (C=O) groups is 2. The van der Waals surface area contributed by atoms with Gasteiger partial charge in [0.15, 0.2) is 0 Å². The van der Waals surface area contributed by atoms with E-state index in [-0.39, 0.29) is 17.2 Å². The van der Waals surface area contributed by atoms with E-state index in [9.17, 15) is 14.7 Å². The van der Waals surface area contributed by atoms with Crippen molar-refractivity contribution >= 4 is 17.6 Å². The second kappa shape index (κ2) is 9.27. The predicted molar refractivity (Wildman–Crippen MR) is 92.2 cm³/mol. The molecule has 0 spiro atoms. The number of phenolic OH excluding ortho intramolecular Hbond substituents is 1. The van der Waals surface area contributed by atoms with Crippen LogP contribution in [0, 0.1) is 0 Å². The Morgan fingerprint density at radius 2 is 2.00 bits per heavy atom. The molecule has 0 aromatic heterocycles. The summed E-state index contributed by atoms with van der Waals surface area (Å²) in [6.45, 7) is 4.58. The Morgan fingerprint density at radius 1 is 1.25 bits per heavy atom. The van der Waals surface area contributed by atoms with Gasteiger partial charge in [-0.1, -0.05) is 19.8 Å². The minimum Gasteiger partial charge on any atom is -0.507 e. The van der Waals surface area contributed by atoms with Gasteiger partial charge in [-0.15, -0.1) is 0 Å². The molecule has 1 aliphatic rings. The summed E-state index contributed by atoms with van der Waals surface area (Å²) in [6, 6.07) is 4.45. The number of ether oxygens (including phenoxy) is 1. The molecule has 0 atom stereocenters. The number of anilines is 1. The van der Waals surface area contributed by atoms with Crippen LogP contribution in [0.4, 0.5) is 5.69 Å². The largest absolute Gasteiger partial charge is 0.507 e. The molecule has 24 heavy (non-hydrogen) atoms. The van der Waals surface area contributed by atoms with Crippen LogP contribution in [-0.4, -0.2) is 48.1 Å². The Labute approximate surface area is 142 Å². The number of aromatic hydroxyl groups is 1. The Kier molecular flexibility index (Phi) is 7.06. The molecule has 1 amide bonds. The van der Waals surface area contributed by atoms with E-state index in [4.69, 9.17) is 4.74 Å². The highest BCUT2D eigenvalue weighted by Gasteiger charge is 2.16. The van der Waals surface area contributed by atoms with E-state index in [2.05, 4.69) is 10.2 Å². The zero-order valence-corrected chi connectivity index (χ0v) is 14.2. The summed E-state index contributed by atoms with van der Waals surface area (Å²) in [6.07, 6.45) is 5.20. The first-order valence-electron chi connectivity index (χ1n) is 8.62. The Balaban J connectivity index is 1.88. The van der Waals surface area contributed by atoms with Gasteiger partial charge < -0.3 is 15.2 Å². The van der Waals surface area contributed by atoms with Gasteiger partial charge in [-0.25, -0.2) is 4.79 Å². The van der Waals surface area contributed by atoms with Crippen molar-refractivity contribution in [1.82, 2.24) is 4.90 Å². The quantitative estimate of drug-likeness (QED) is 0.592. The monoisotopic (exact) mass is 334 g/mol. The number of benzene rings is 1. The highest BCUT2D eigenvalue weighted by molar-refractivity contribution is 5.95. The average Bonchev–Trinajstić information content (AvgIpc) is 2.56. The lowest BCUT2D eigenvalue weighted by Crippen LogP contribution is -2.36. The Morgan fingerprint density at radius 3 is 2.67 bits per heavy atom. The van der Waals surface area contributed by atoms with Gasteiger partial charge in [0.2, 0.25) is 5.91 Å². The summed E-state index contributed by atoms with van der Waals surface area (Å²) in [5, 5.41) is 12.7. The molecule has 0 bridgehead atoms. The average molecular weight is 334 g/mol. The fourth-order valence-corrected chi connectivity index (χ4v) is 2.69. The molecule has 6 nitrogen and oxygen atoms in total. The first-order valence-corrected chi connectivity index (χ1v) is 8.62. The first kappa shape index (κ1) is 18.3. The molecule has 0 saturated carbocycles. The van der Waals surface area contributed by atoms with E-state index in [0.29, 0.717) is 18.8 Å². The second-order valence-corrected chi connectivity index (χ2v) is 6.11. The van der Waals surface area contributed by atoms with Crippen molar-refractivity contribution in [3.05, 3.63) is 23.8 Å². The van der Waals surface area contributed by atoms with Crippen LogP contribution in [0.3, 0.4) is 0 Å². The number of nitrogens with one attached hydrogen (secondary N) is 1. The van der Waals surface area contributed by atoms with Crippen molar-refractivity contribution in [1.29, 1.82) is 0 Å². The standard InChI is InChI=1S/C18H26N2O4/c1-2-3-11-24-18(23)15-8-7-14(12-16(15)21)19-17(22)13-20-9-5-4-6-10-20/h7-8,12,21H,2-6,9-11,13H2,1H3,(H,19,22). The number of likely N-dealkylation sites (tertiary alicyclic amines) is 1. The molecule has 6 heteroatoms. The highest BCUT2D eigenvalue weighted by Crippen LogP contribution is 2.23. The maximum atomic E-state index is 12.1. The number of piperidine rings is 1. The molecule has 2 N–H and O–H groups in total. The Bertz CT molecular complexity index is 568. The summed E-state index contributed by atoms with van der Waals surface area (Å²) < 4.78 is 5.08. The molecule has 0 aliphatic carbocycles. The summed E-state index contributed by atoms with van der Waals surface area (Å²) in [5.74, 6) is -0.853. The van der Waals surface area contributed by atoms with Gasteiger partial charge in [-0.3, -0.25) is 9.69 Å². The number of hydrogen-bond donors (Lipinski definition) is 2. The smallest absolute Gasteiger partial charge is 0.341 e. The van der Waals surface area contributed by atoms with Crippen LogP contribution < -0.4 is 5.32 Å². The number of hydrogen-bond acceptors (Lipinski definition) is 5. The van der Waals surface area contributed by atoms with Crippen LogP contribution in [0.1, 0.15) is 49.4 Å². The van der Waals surface area contributed by atoms with Crippen LogP contribution in [0.2, 0.25) is 0 Å². The third kappa shape index (κ3) is 5.53. The van der Waals surface area contributed by atoms with Crippen molar-refractivity contribution < 1.29 is 19.4 Å². The van der Waals surface area contributed by atoms with Gasteiger partial charge in [-0.05, 0) is 44.5 Å². The van der Waals surface area contributed by atoms with Crippen molar-refractivity contribution in [3.63, 3.8) is 0 Å². The van der Waals surface area contributed by atoms with Gasteiger partial charge in [-0.2, -0.15) is 0 Å². The third-order valence-corrected chi connectivity index (χ3v) is 4.05. The topological polar surface area (TPSA) is 78.9 Å². The van der Waals surface area contributed by atoms with Gasteiger partial charge in [0.05, 0.1) is 13.2 Å². The van der Waals surface area contributed by atoms with Gasteiger partial charge in [0.1, 0.15) is 11.3 Å². The molecule has 1 aliphatic heterocycles. The highest BCUT2D eigenvalue weighted by atomic mass is 16.5. The van der Waals surface area contributed by atoms with Gasteiger partial charge in [0.25, 0.3) is 0 Å². The summed E-state index contributed by atoms with van der Waals surface area (Å²) in [5.41, 5.74) is 0.583. The molecule has 1 heterocycles. The molecule has 0 unspecified atom stereocenters. The van der Waals surface area contributed by atoms with E-state index >= 15 is 0 Å². The molecular formula is C18H26N2O4. The van der Waals surface area contributed by atoms with Crippen LogP contribution in [0.5, 0.6) is 5.75 Å². The minimum atomic E-state index is -0.549. The minimum absolute atomic E-state index is 0.111. The zero-order valence-electron chi connectivity index (χ0n) is 14.2. The van der Waals surface area contributed by atoms with Crippen molar-refractivity contribution in [2.45, 2.75) is 39.0 Å². The van der Waals surface area contributed by atoms with E-state index < -0.39 is 5.97 Å². The third-order valence-electron chi connectivity index (χ3n) is 4.05. The number of carbonyl (C=O) groups excluding carboxylic acids is 2. The number of phenols is 1. The maximum Gasteiger partial charge on any atom is 0.341 e. The van der Waals surface area contributed by atoms with E-state index in [1.54, 1.807) is 6.07 Å². The van der Waals surface area contributed by atoms with E-state index in [0.717, 1.165) is 38.8 Å². The fourth-order valence-electron chi connectivity index (χ4n) is 2.69. The number of esters is 1. The molecule has 1 fully saturated rings. The summed E-state index contributed by atoms with van der Waals surface area (Å²) in [4.78, 5) is 26.0. The number of nitrogens with zero attached hydrogens (tertiary/aromatic N) is 1. The number of rotatable bonds is 7. The van der Waals surface area contributed by atoms with Gasteiger partial charge >= 0.3 is 5.97 Å². The maximum absolute atomic E-state index is 12.1. The Hall–Kier alpha value is -2.08. The summed E-state index contributed by atoms with van der Waals surface area (Å²) in [7, 11) is 0. The lowest BCUT2D eigenvalue weighted by molar-refractivity contribution is -0.117. The lowest BCUT2D eigenvalue weighted by Gasteiger charge is -2.25. The molecule has 0 radical (unpaired) electrons. The van der Waals surface area contributed by atoms with E-state index in [1.165, 1.54) is 18.6 Å². The van der Waals surface area contributed by atoms with Crippen LogP contribution in [-0.2, 0) is 9.53 Å². The molecule has 1 aromatic carbocycles. The number of amides is 1. The lowest BCUT2D eigenvalue weighted by atomic mass is 10.1. The van der Waals surface area contributed by atoms with E-state index in [1.807, 2.05) is 6.92 Å².